The van der Waals surface area contributed by atoms with Crippen LogP contribution in [0, 0.1) is 5.82 Å². The molecule has 0 bridgehead atoms. The average molecular weight is 327 g/mol. The molecule has 2 rings (SSSR count). The molecule has 0 aliphatic heterocycles. The van der Waals surface area contributed by atoms with E-state index in [9.17, 15) is 4.39 Å². The third-order valence-electron chi connectivity index (χ3n) is 2.74. The fourth-order valence-corrected chi connectivity index (χ4v) is 2.08. The van der Waals surface area contributed by atoms with Crippen LogP contribution >= 0.6 is 15.9 Å². The molecule has 0 saturated heterocycles. The van der Waals surface area contributed by atoms with Gasteiger partial charge in [-0.05, 0) is 25.1 Å². The van der Waals surface area contributed by atoms with Crippen LogP contribution in [0.15, 0.2) is 29.0 Å². The van der Waals surface area contributed by atoms with Crippen molar-refractivity contribution in [3.05, 3.63) is 46.2 Å². The third kappa shape index (κ3) is 3.84. The van der Waals surface area contributed by atoms with Crippen molar-refractivity contribution >= 4 is 15.9 Å². The van der Waals surface area contributed by atoms with Crippen LogP contribution < -0.4 is 5.32 Å². The van der Waals surface area contributed by atoms with Gasteiger partial charge in [0.15, 0.2) is 0 Å². The lowest BCUT2D eigenvalue weighted by Gasteiger charge is -2.08. The largest absolute Gasteiger partial charge is 0.310 e. The maximum Gasteiger partial charge on any atom is 0.141 e. The van der Waals surface area contributed by atoms with Crippen molar-refractivity contribution in [2.75, 3.05) is 6.54 Å². The molecule has 1 aromatic carbocycles. The van der Waals surface area contributed by atoms with E-state index >= 15 is 0 Å². The Hall–Kier alpha value is -1.27. The number of hydrogen-bond donors (Lipinski definition) is 1. The van der Waals surface area contributed by atoms with E-state index < -0.39 is 0 Å². The average Bonchev–Trinajstić information content (AvgIpc) is 2.81. The van der Waals surface area contributed by atoms with Crippen molar-refractivity contribution in [1.29, 1.82) is 0 Å². The molecular weight excluding hydrogens is 311 g/mol. The van der Waals surface area contributed by atoms with E-state index in [0.717, 1.165) is 23.3 Å². The van der Waals surface area contributed by atoms with Crippen LogP contribution in [0.5, 0.6) is 0 Å². The molecule has 1 aromatic heterocycles. The number of halogens is 2. The lowest BCUT2D eigenvalue weighted by Crippen LogP contribution is -2.18. The molecule has 1 heterocycles. The first-order valence-corrected chi connectivity index (χ1v) is 7.01. The Morgan fingerprint density at radius 2 is 2.26 bits per heavy atom. The summed E-state index contributed by atoms with van der Waals surface area (Å²) in [6, 6.07) is 5.04. The molecule has 0 aliphatic carbocycles. The summed E-state index contributed by atoms with van der Waals surface area (Å²) in [5, 5.41) is 7.40. The van der Waals surface area contributed by atoms with Crippen molar-refractivity contribution in [3.63, 3.8) is 0 Å². The zero-order chi connectivity index (χ0) is 13.7. The maximum atomic E-state index is 13.8. The molecule has 2 aromatic rings. The molecule has 0 amide bonds. The van der Waals surface area contributed by atoms with Gasteiger partial charge in [0.05, 0.1) is 13.1 Å². The van der Waals surface area contributed by atoms with Gasteiger partial charge in [-0.2, -0.15) is 5.10 Å². The van der Waals surface area contributed by atoms with Crippen LogP contribution in [0.4, 0.5) is 4.39 Å². The number of hydrogen-bond acceptors (Lipinski definition) is 3. The number of nitrogens with one attached hydrogen (secondary N) is 1. The minimum absolute atomic E-state index is 0.239. The second-order valence-electron chi connectivity index (χ2n) is 4.25. The van der Waals surface area contributed by atoms with Gasteiger partial charge in [-0.15, -0.1) is 0 Å². The summed E-state index contributed by atoms with van der Waals surface area (Å²) in [5.41, 5.74) is 0.602. The monoisotopic (exact) mass is 326 g/mol. The Balaban J connectivity index is 2.08. The fraction of sp³-hybridized carbons (Fsp3) is 0.385. The molecule has 0 aliphatic rings. The highest BCUT2D eigenvalue weighted by Gasteiger charge is 2.08. The minimum atomic E-state index is -0.239. The van der Waals surface area contributed by atoms with E-state index in [4.69, 9.17) is 0 Å². The second kappa shape index (κ2) is 6.77. The van der Waals surface area contributed by atoms with Gasteiger partial charge in [0.2, 0.25) is 0 Å². The van der Waals surface area contributed by atoms with E-state index in [1.165, 1.54) is 12.4 Å². The summed E-state index contributed by atoms with van der Waals surface area (Å²) in [7, 11) is 0. The van der Waals surface area contributed by atoms with Crippen LogP contribution in [-0.2, 0) is 13.1 Å². The van der Waals surface area contributed by atoms with Crippen LogP contribution in [0.1, 0.15) is 24.7 Å². The smallest absolute Gasteiger partial charge is 0.141 e. The minimum Gasteiger partial charge on any atom is -0.310 e. The molecule has 0 atom stereocenters. The highest BCUT2D eigenvalue weighted by molar-refractivity contribution is 9.10. The zero-order valence-corrected chi connectivity index (χ0v) is 12.3. The Bertz CT molecular complexity index is 541. The van der Waals surface area contributed by atoms with E-state index in [-0.39, 0.29) is 5.82 Å². The summed E-state index contributed by atoms with van der Waals surface area (Å²) in [6.45, 7) is 4.07. The number of nitrogens with zero attached hydrogens (tertiary/aromatic N) is 3. The van der Waals surface area contributed by atoms with Crippen LogP contribution in [0.3, 0.4) is 0 Å². The summed E-state index contributed by atoms with van der Waals surface area (Å²) in [4.78, 5) is 4.19. The Morgan fingerprint density at radius 3 is 3.00 bits per heavy atom. The first kappa shape index (κ1) is 14.1. The first-order valence-electron chi connectivity index (χ1n) is 6.22. The van der Waals surface area contributed by atoms with Gasteiger partial charge in [-0.25, -0.2) is 14.1 Å². The maximum absolute atomic E-state index is 13.8. The van der Waals surface area contributed by atoms with Crippen molar-refractivity contribution in [2.24, 2.45) is 0 Å². The summed E-state index contributed by atoms with van der Waals surface area (Å²) in [5.74, 6) is 0.577. The molecule has 102 valence electrons. The molecule has 19 heavy (non-hydrogen) atoms. The van der Waals surface area contributed by atoms with Gasteiger partial charge in [0.1, 0.15) is 18.0 Å². The van der Waals surface area contributed by atoms with Crippen LogP contribution in [-0.4, -0.2) is 21.3 Å². The van der Waals surface area contributed by atoms with E-state index in [0.29, 0.717) is 18.7 Å². The second-order valence-corrected chi connectivity index (χ2v) is 5.16. The molecule has 0 radical (unpaired) electrons. The predicted octanol–water partition coefficient (Wildman–Crippen LogP) is 2.73. The highest BCUT2D eigenvalue weighted by atomic mass is 79.9. The third-order valence-corrected chi connectivity index (χ3v) is 3.23. The first-order chi connectivity index (χ1) is 9.20. The number of rotatable bonds is 6. The quantitative estimate of drug-likeness (QED) is 0.830. The van der Waals surface area contributed by atoms with Gasteiger partial charge in [0, 0.05) is 10.0 Å². The SMILES string of the molecule is CCCNCc1ncnn1Cc1ccc(Br)cc1F. The Labute approximate surface area is 120 Å². The van der Waals surface area contributed by atoms with Crippen molar-refractivity contribution in [3.8, 4) is 0 Å². The molecule has 6 heteroatoms. The molecule has 0 saturated carbocycles. The fourth-order valence-electron chi connectivity index (χ4n) is 1.75. The standard InChI is InChI=1S/C13H16BrFN4/c1-2-5-16-7-13-17-9-18-19(13)8-10-3-4-11(14)6-12(10)15/h3-4,6,9,16H,2,5,7-8H2,1H3. The van der Waals surface area contributed by atoms with Crippen molar-refractivity contribution < 1.29 is 4.39 Å². The number of aromatic nitrogens is 3. The van der Waals surface area contributed by atoms with Gasteiger partial charge >= 0.3 is 0 Å². The molecular formula is C13H16BrFN4. The topological polar surface area (TPSA) is 42.7 Å². The lowest BCUT2D eigenvalue weighted by molar-refractivity contribution is 0.554. The normalized spacial score (nSPS) is 10.9. The highest BCUT2D eigenvalue weighted by Crippen LogP contribution is 2.16. The van der Waals surface area contributed by atoms with Gasteiger partial charge in [-0.3, -0.25) is 0 Å². The predicted molar refractivity (Wildman–Crippen MR) is 75.2 cm³/mol. The van der Waals surface area contributed by atoms with E-state index in [2.05, 4.69) is 38.3 Å². The zero-order valence-electron chi connectivity index (χ0n) is 10.7. The summed E-state index contributed by atoms with van der Waals surface area (Å²) >= 11 is 3.25. The van der Waals surface area contributed by atoms with E-state index in [1.807, 2.05) is 6.07 Å². The molecule has 4 nitrogen and oxygen atoms in total. The van der Waals surface area contributed by atoms with Gasteiger partial charge < -0.3 is 5.32 Å². The van der Waals surface area contributed by atoms with Gasteiger partial charge in [-0.1, -0.05) is 28.9 Å². The summed E-state index contributed by atoms with van der Waals surface area (Å²) in [6.07, 6.45) is 2.56. The van der Waals surface area contributed by atoms with Crippen molar-refractivity contribution in [2.45, 2.75) is 26.4 Å². The number of benzene rings is 1. The van der Waals surface area contributed by atoms with E-state index in [1.54, 1.807) is 10.7 Å². The van der Waals surface area contributed by atoms with Gasteiger partial charge in [0.25, 0.3) is 0 Å². The Kier molecular flexibility index (Phi) is 5.04. The van der Waals surface area contributed by atoms with Crippen molar-refractivity contribution in [1.82, 2.24) is 20.1 Å². The van der Waals surface area contributed by atoms with Crippen LogP contribution in [0.2, 0.25) is 0 Å². The Morgan fingerprint density at radius 1 is 1.42 bits per heavy atom. The molecule has 0 fully saturated rings. The molecule has 0 spiro atoms. The molecule has 0 unspecified atom stereocenters. The summed E-state index contributed by atoms with van der Waals surface area (Å²) < 4.78 is 16.2. The molecule has 1 N–H and O–H groups in total. The lowest BCUT2D eigenvalue weighted by atomic mass is 10.2. The van der Waals surface area contributed by atoms with Crippen LogP contribution in [0.25, 0.3) is 0 Å².